The summed E-state index contributed by atoms with van der Waals surface area (Å²) in [7, 11) is 0. The molecule has 8 aromatic carbocycles. The summed E-state index contributed by atoms with van der Waals surface area (Å²) in [6.45, 7) is 0. The summed E-state index contributed by atoms with van der Waals surface area (Å²) in [5.41, 5.74) is 12.1. The van der Waals surface area contributed by atoms with E-state index in [0.29, 0.717) is 0 Å². The summed E-state index contributed by atoms with van der Waals surface area (Å²) < 4.78 is 7.04. The van der Waals surface area contributed by atoms with Crippen molar-refractivity contribution in [2.24, 2.45) is 0 Å². The average Bonchev–Trinajstić information content (AvgIpc) is 3.85. The lowest BCUT2D eigenvalue weighted by molar-refractivity contribution is 1.12. The van der Waals surface area contributed by atoms with Crippen LogP contribution < -0.4 is 0 Å². The molecular weight excluding hydrogens is 647 g/mol. The number of para-hydroxylation sites is 5. The van der Waals surface area contributed by atoms with Crippen LogP contribution in [0, 0.1) is 0 Å². The zero-order valence-corrected chi connectivity index (χ0v) is 28.5. The van der Waals surface area contributed by atoms with E-state index in [1.807, 2.05) is 0 Å². The quantitative estimate of drug-likeness (QED) is 0.187. The summed E-state index contributed by atoms with van der Waals surface area (Å²) >= 11 is 0. The minimum absolute atomic E-state index is 0.830. The van der Waals surface area contributed by atoms with Gasteiger partial charge in [0.25, 0.3) is 0 Å². The van der Waals surface area contributed by atoms with Gasteiger partial charge in [0, 0.05) is 32.3 Å². The molecule has 246 valence electrons. The second-order valence-corrected chi connectivity index (χ2v) is 13.8. The Morgan fingerprint density at radius 2 is 0.660 bits per heavy atom. The van der Waals surface area contributed by atoms with E-state index in [1.165, 1.54) is 32.3 Å². The lowest BCUT2D eigenvalue weighted by Crippen LogP contribution is -2.04. The van der Waals surface area contributed by atoms with Crippen molar-refractivity contribution in [3.8, 4) is 17.1 Å². The Bertz CT molecular complexity index is 3360. The Labute approximate surface area is 303 Å². The summed E-state index contributed by atoms with van der Waals surface area (Å²) in [5.74, 6) is 0. The van der Waals surface area contributed by atoms with Gasteiger partial charge in [0.1, 0.15) is 16.6 Å². The van der Waals surface area contributed by atoms with Crippen molar-refractivity contribution in [1.82, 2.24) is 23.7 Å². The predicted octanol–water partition coefficient (Wildman–Crippen LogP) is 12.1. The van der Waals surface area contributed by atoms with E-state index in [4.69, 9.17) is 9.97 Å². The van der Waals surface area contributed by atoms with Gasteiger partial charge in [-0.2, -0.15) is 0 Å². The van der Waals surface area contributed by atoms with Crippen LogP contribution in [0.25, 0.3) is 105 Å². The zero-order valence-electron chi connectivity index (χ0n) is 28.5. The molecule has 0 radical (unpaired) electrons. The van der Waals surface area contributed by atoms with Gasteiger partial charge < -0.3 is 9.13 Å². The SMILES string of the molecule is c1ccc2c(-n3c4ccccc4c4nc5c(-n6c7ccccc7c7ccccc76)ccc(-n6c7ccccc7c7ccccc76)c5nc43)cccc2c1. The summed E-state index contributed by atoms with van der Waals surface area (Å²) in [5, 5.41) is 8.27. The number of fused-ring (bicyclic) bond motifs is 11. The molecule has 4 heterocycles. The number of benzene rings is 8. The number of nitrogens with zero attached hydrogens (tertiary/aromatic N) is 5. The Hall–Kier alpha value is -7.24. The Kier molecular flexibility index (Phi) is 5.71. The Balaban J connectivity index is 1.30. The molecule has 0 saturated heterocycles. The molecule has 4 aromatic heterocycles. The van der Waals surface area contributed by atoms with Gasteiger partial charge >= 0.3 is 0 Å². The molecule has 0 spiro atoms. The molecule has 12 rings (SSSR count). The van der Waals surface area contributed by atoms with E-state index in [1.54, 1.807) is 0 Å². The van der Waals surface area contributed by atoms with E-state index >= 15 is 0 Å². The van der Waals surface area contributed by atoms with Gasteiger partial charge in [-0.15, -0.1) is 0 Å². The third-order valence-electron chi connectivity index (χ3n) is 11.0. The molecule has 0 saturated carbocycles. The highest BCUT2D eigenvalue weighted by Gasteiger charge is 2.23. The maximum absolute atomic E-state index is 5.76. The molecule has 12 aromatic rings. The highest BCUT2D eigenvalue weighted by Crippen LogP contribution is 2.41. The van der Waals surface area contributed by atoms with Gasteiger partial charge in [-0.25, -0.2) is 9.97 Å². The lowest BCUT2D eigenvalue weighted by atomic mass is 10.1. The first-order valence-electron chi connectivity index (χ1n) is 18.0. The van der Waals surface area contributed by atoms with E-state index in [2.05, 4.69) is 190 Å². The van der Waals surface area contributed by atoms with E-state index in [0.717, 1.165) is 72.2 Å². The molecule has 0 aliphatic rings. The fraction of sp³-hybridized carbons (Fsp3) is 0. The van der Waals surface area contributed by atoms with Gasteiger partial charge in [-0.1, -0.05) is 127 Å². The molecular formula is C48H29N5. The molecule has 0 unspecified atom stereocenters. The third-order valence-corrected chi connectivity index (χ3v) is 11.0. The van der Waals surface area contributed by atoms with Crippen molar-refractivity contribution in [1.29, 1.82) is 0 Å². The van der Waals surface area contributed by atoms with Gasteiger partial charge in [0.05, 0.1) is 44.6 Å². The topological polar surface area (TPSA) is 40.6 Å². The second kappa shape index (κ2) is 10.6. The largest absolute Gasteiger partial charge is 0.307 e. The zero-order chi connectivity index (χ0) is 34.6. The molecule has 0 aliphatic carbocycles. The first-order valence-corrected chi connectivity index (χ1v) is 18.0. The smallest absolute Gasteiger partial charge is 0.165 e. The number of hydrogen-bond donors (Lipinski definition) is 0. The van der Waals surface area contributed by atoms with E-state index < -0.39 is 0 Å². The fourth-order valence-electron chi connectivity index (χ4n) is 8.79. The van der Waals surface area contributed by atoms with Crippen molar-refractivity contribution < 1.29 is 0 Å². The molecule has 0 aliphatic heterocycles. The molecule has 5 heteroatoms. The maximum atomic E-state index is 5.76. The van der Waals surface area contributed by atoms with Crippen LogP contribution in [0.5, 0.6) is 0 Å². The first kappa shape index (κ1) is 28.5. The van der Waals surface area contributed by atoms with Crippen LogP contribution in [-0.2, 0) is 0 Å². The minimum atomic E-state index is 0.830. The summed E-state index contributed by atoms with van der Waals surface area (Å²) in [6.07, 6.45) is 0. The number of aromatic nitrogens is 5. The van der Waals surface area contributed by atoms with Crippen LogP contribution in [0.2, 0.25) is 0 Å². The minimum Gasteiger partial charge on any atom is -0.307 e. The van der Waals surface area contributed by atoms with Crippen LogP contribution >= 0.6 is 0 Å². The predicted molar refractivity (Wildman–Crippen MR) is 220 cm³/mol. The molecule has 0 amide bonds. The van der Waals surface area contributed by atoms with Crippen LogP contribution in [0.3, 0.4) is 0 Å². The lowest BCUT2D eigenvalue weighted by Gasteiger charge is -2.16. The van der Waals surface area contributed by atoms with E-state index in [-0.39, 0.29) is 0 Å². The standard InChI is InChI=1S/C48H29N5/c1-2-16-31-30(14-1)15-13-27-37(31)53-42-26-12-7-21-36(42)45-48(53)50-47-44(52-40-24-10-5-19-34(40)35-20-6-11-25-41(35)52)29-28-43(46(47)49-45)51-38-22-8-3-17-32(38)33-18-4-9-23-39(33)51/h1-29H. The monoisotopic (exact) mass is 675 g/mol. The molecule has 0 bridgehead atoms. The fourth-order valence-corrected chi connectivity index (χ4v) is 8.79. The summed E-state index contributed by atoms with van der Waals surface area (Å²) in [4.78, 5) is 11.5. The number of rotatable bonds is 3. The Morgan fingerprint density at radius 3 is 1.19 bits per heavy atom. The average molecular weight is 676 g/mol. The Morgan fingerprint density at radius 1 is 0.264 bits per heavy atom. The van der Waals surface area contributed by atoms with Crippen LogP contribution in [0.4, 0.5) is 0 Å². The van der Waals surface area contributed by atoms with Gasteiger partial charge in [0.15, 0.2) is 5.65 Å². The van der Waals surface area contributed by atoms with Crippen LogP contribution in [0.1, 0.15) is 0 Å². The van der Waals surface area contributed by atoms with Crippen molar-refractivity contribution in [3.05, 3.63) is 176 Å². The first-order chi connectivity index (χ1) is 26.3. The molecule has 53 heavy (non-hydrogen) atoms. The number of hydrogen-bond acceptors (Lipinski definition) is 2. The second-order valence-electron chi connectivity index (χ2n) is 13.8. The highest BCUT2D eigenvalue weighted by atomic mass is 15.1. The molecule has 0 atom stereocenters. The van der Waals surface area contributed by atoms with Gasteiger partial charge in [-0.3, -0.25) is 4.57 Å². The van der Waals surface area contributed by atoms with E-state index in [9.17, 15) is 0 Å². The molecule has 0 fully saturated rings. The summed E-state index contributed by atoms with van der Waals surface area (Å²) in [6, 6.07) is 62.8. The third kappa shape index (κ3) is 3.85. The van der Waals surface area contributed by atoms with Crippen LogP contribution in [0.15, 0.2) is 176 Å². The molecule has 5 nitrogen and oxygen atoms in total. The van der Waals surface area contributed by atoms with Crippen LogP contribution in [-0.4, -0.2) is 23.7 Å². The normalized spacial score (nSPS) is 12.2. The van der Waals surface area contributed by atoms with Crippen molar-refractivity contribution in [2.75, 3.05) is 0 Å². The van der Waals surface area contributed by atoms with Crippen molar-refractivity contribution in [3.63, 3.8) is 0 Å². The van der Waals surface area contributed by atoms with Gasteiger partial charge in [0.2, 0.25) is 0 Å². The van der Waals surface area contributed by atoms with Crippen molar-refractivity contribution >= 4 is 87.5 Å². The van der Waals surface area contributed by atoms with Gasteiger partial charge in [-0.05, 0) is 53.9 Å². The van der Waals surface area contributed by atoms with Crippen molar-refractivity contribution in [2.45, 2.75) is 0 Å². The maximum Gasteiger partial charge on any atom is 0.165 e. The molecule has 0 N–H and O–H groups in total. The highest BCUT2D eigenvalue weighted by molar-refractivity contribution is 6.15.